The monoisotopic (exact) mass is 324 g/mol. The normalized spacial score (nSPS) is 20.4. The second kappa shape index (κ2) is 8.00. The van der Waals surface area contributed by atoms with Gasteiger partial charge in [-0.1, -0.05) is 48.9 Å². The minimum Gasteiger partial charge on any atom is -0.489 e. The number of hydrogen-bond donors (Lipinski definition) is 0. The number of ether oxygens (including phenoxy) is 2. The van der Waals surface area contributed by atoms with Crippen LogP contribution < -0.4 is 4.74 Å². The van der Waals surface area contributed by atoms with Crippen LogP contribution in [0.3, 0.4) is 0 Å². The van der Waals surface area contributed by atoms with E-state index in [1.54, 1.807) is 0 Å². The van der Waals surface area contributed by atoms with Gasteiger partial charge in [0.1, 0.15) is 18.5 Å². The van der Waals surface area contributed by atoms with Crippen molar-refractivity contribution in [3.63, 3.8) is 0 Å². The molecule has 0 radical (unpaired) electrons. The fourth-order valence-corrected chi connectivity index (χ4v) is 3.41. The molecule has 3 rings (SSSR count). The van der Waals surface area contributed by atoms with Gasteiger partial charge in [-0.05, 0) is 42.5 Å². The summed E-state index contributed by atoms with van der Waals surface area (Å²) in [6.45, 7) is 2.05. The summed E-state index contributed by atoms with van der Waals surface area (Å²) in [6.07, 6.45) is 4.29. The van der Waals surface area contributed by atoms with E-state index in [0.29, 0.717) is 6.61 Å². The molecule has 2 atom stereocenters. The highest BCUT2D eigenvalue weighted by molar-refractivity contribution is 5.66. The zero-order valence-corrected chi connectivity index (χ0v) is 14.1. The number of benzene rings is 2. The molecule has 3 nitrogen and oxygen atoms in total. The van der Waals surface area contributed by atoms with Crippen molar-refractivity contribution < 1.29 is 14.3 Å². The van der Waals surface area contributed by atoms with Crippen molar-refractivity contribution in [1.82, 2.24) is 0 Å². The van der Waals surface area contributed by atoms with E-state index in [1.807, 2.05) is 30.3 Å². The van der Waals surface area contributed by atoms with Gasteiger partial charge in [0.15, 0.2) is 0 Å². The predicted molar refractivity (Wildman–Crippen MR) is 94.0 cm³/mol. The number of carbonyl (C=O) groups is 1. The Morgan fingerprint density at radius 3 is 2.62 bits per heavy atom. The summed E-state index contributed by atoms with van der Waals surface area (Å²) in [7, 11) is 0. The van der Waals surface area contributed by atoms with Crippen LogP contribution in [0.25, 0.3) is 0 Å². The third kappa shape index (κ3) is 4.38. The minimum atomic E-state index is -0.191. The highest BCUT2D eigenvalue weighted by Crippen LogP contribution is 2.36. The molecule has 0 heterocycles. The van der Waals surface area contributed by atoms with Gasteiger partial charge in [0.05, 0.1) is 0 Å². The molecule has 0 amide bonds. The summed E-state index contributed by atoms with van der Waals surface area (Å²) in [5.41, 5.74) is 2.35. The molecule has 0 N–H and O–H groups in total. The molecule has 126 valence electrons. The van der Waals surface area contributed by atoms with Crippen molar-refractivity contribution >= 4 is 5.97 Å². The van der Waals surface area contributed by atoms with Crippen LogP contribution in [0.5, 0.6) is 5.75 Å². The van der Waals surface area contributed by atoms with E-state index < -0.39 is 0 Å². The van der Waals surface area contributed by atoms with Crippen LogP contribution in [0, 0.1) is 0 Å². The van der Waals surface area contributed by atoms with Crippen LogP contribution in [-0.4, -0.2) is 12.1 Å². The molecular formula is C21H24O3. The quantitative estimate of drug-likeness (QED) is 0.737. The maximum absolute atomic E-state index is 11.4. The molecule has 1 aliphatic carbocycles. The number of hydrogen-bond acceptors (Lipinski definition) is 3. The average molecular weight is 324 g/mol. The fraction of sp³-hybridized carbons (Fsp3) is 0.381. The summed E-state index contributed by atoms with van der Waals surface area (Å²) in [5.74, 6) is 0.940. The smallest absolute Gasteiger partial charge is 0.302 e. The highest BCUT2D eigenvalue weighted by Gasteiger charge is 2.29. The molecular weight excluding hydrogens is 300 g/mol. The molecule has 1 aliphatic rings. The Balaban J connectivity index is 1.70. The van der Waals surface area contributed by atoms with Crippen LogP contribution in [0.1, 0.15) is 49.7 Å². The van der Waals surface area contributed by atoms with E-state index in [9.17, 15) is 4.79 Å². The Hall–Kier alpha value is -2.29. The van der Waals surface area contributed by atoms with Gasteiger partial charge in [-0.15, -0.1) is 0 Å². The first-order valence-electron chi connectivity index (χ1n) is 8.66. The first kappa shape index (κ1) is 16.6. The van der Waals surface area contributed by atoms with Crippen LogP contribution in [0.4, 0.5) is 0 Å². The Kier molecular flexibility index (Phi) is 5.52. The molecule has 2 aromatic rings. The average Bonchev–Trinajstić information content (AvgIpc) is 2.61. The molecule has 1 saturated carbocycles. The van der Waals surface area contributed by atoms with Crippen molar-refractivity contribution in [2.45, 2.75) is 51.2 Å². The van der Waals surface area contributed by atoms with Crippen molar-refractivity contribution in [3.8, 4) is 5.75 Å². The van der Waals surface area contributed by atoms with Crippen LogP contribution >= 0.6 is 0 Å². The van der Waals surface area contributed by atoms with E-state index in [0.717, 1.165) is 30.6 Å². The first-order chi connectivity index (χ1) is 11.7. The third-order valence-corrected chi connectivity index (χ3v) is 4.55. The number of esters is 1. The molecule has 0 saturated heterocycles. The standard InChI is InChI=1S/C21H24O3/c1-16(22)24-21-13-6-5-12-20(21)18-10-7-11-19(14-18)23-15-17-8-3-2-4-9-17/h2-4,7-11,14,20-21H,5-6,12-13,15H2,1H3/t20-,21+/m0/s1. The zero-order valence-electron chi connectivity index (χ0n) is 14.1. The molecule has 0 unspecified atom stereocenters. The fourth-order valence-electron chi connectivity index (χ4n) is 3.41. The van der Waals surface area contributed by atoms with Gasteiger partial charge in [-0.3, -0.25) is 4.79 Å². The van der Waals surface area contributed by atoms with Crippen molar-refractivity contribution in [2.24, 2.45) is 0 Å². The number of rotatable bonds is 5. The lowest BCUT2D eigenvalue weighted by molar-refractivity contribution is -0.148. The lowest BCUT2D eigenvalue weighted by atomic mass is 9.81. The molecule has 24 heavy (non-hydrogen) atoms. The topological polar surface area (TPSA) is 35.5 Å². The molecule has 0 aliphatic heterocycles. The molecule has 0 bridgehead atoms. The number of carbonyl (C=O) groups excluding carboxylic acids is 1. The van der Waals surface area contributed by atoms with Gasteiger partial charge < -0.3 is 9.47 Å². The van der Waals surface area contributed by atoms with Crippen LogP contribution in [0.2, 0.25) is 0 Å². The molecule has 0 aromatic heterocycles. The van der Waals surface area contributed by atoms with Gasteiger partial charge in [0, 0.05) is 12.8 Å². The van der Waals surface area contributed by atoms with Gasteiger partial charge in [-0.2, -0.15) is 0 Å². The minimum absolute atomic E-state index is 0.0133. The first-order valence-corrected chi connectivity index (χ1v) is 8.66. The van der Waals surface area contributed by atoms with E-state index >= 15 is 0 Å². The van der Waals surface area contributed by atoms with Gasteiger partial charge in [0.2, 0.25) is 0 Å². The van der Waals surface area contributed by atoms with E-state index in [1.165, 1.54) is 18.9 Å². The Labute approximate surface area is 143 Å². The lowest BCUT2D eigenvalue weighted by Gasteiger charge is -2.31. The molecule has 2 aromatic carbocycles. The highest BCUT2D eigenvalue weighted by atomic mass is 16.5. The SMILES string of the molecule is CC(=O)O[C@@H]1CCCC[C@H]1c1cccc(OCc2ccccc2)c1. The predicted octanol–water partition coefficient (Wildman–Crippen LogP) is 4.85. The van der Waals surface area contributed by atoms with E-state index in [2.05, 4.69) is 24.3 Å². The van der Waals surface area contributed by atoms with E-state index in [4.69, 9.17) is 9.47 Å². The Morgan fingerprint density at radius 2 is 1.83 bits per heavy atom. The molecule has 1 fully saturated rings. The van der Waals surface area contributed by atoms with Crippen molar-refractivity contribution in [2.75, 3.05) is 0 Å². The zero-order chi connectivity index (χ0) is 16.8. The Bertz CT molecular complexity index is 666. The summed E-state index contributed by atoms with van der Waals surface area (Å²) in [4.78, 5) is 11.4. The van der Waals surface area contributed by atoms with Crippen LogP contribution in [-0.2, 0) is 16.1 Å². The summed E-state index contributed by atoms with van der Waals surface area (Å²) in [5, 5.41) is 0. The maximum Gasteiger partial charge on any atom is 0.302 e. The summed E-state index contributed by atoms with van der Waals surface area (Å²) >= 11 is 0. The summed E-state index contributed by atoms with van der Waals surface area (Å²) < 4.78 is 11.5. The third-order valence-electron chi connectivity index (χ3n) is 4.55. The second-order valence-electron chi connectivity index (χ2n) is 6.39. The Morgan fingerprint density at radius 1 is 1.04 bits per heavy atom. The second-order valence-corrected chi connectivity index (χ2v) is 6.39. The lowest BCUT2D eigenvalue weighted by Crippen LogP contribution is -2.27. The molecule has 3 heteroatoms. The maximum atomic E-state index is 11.4. The molecule has 0 spiro atoms. The largest absolute Gasteiger partial charge is 0.489 e. The van der Waals surface area contributed by atoms with Gasteiger partial charge >= 0.3 is 5.97 Å². The van der Waals surface area contributed by atoms with Crippen molar-refractivity contribution in [1.29, 1.82) is 0 Å². The van der Waals surface area contributed by atoms with Crippen molar-refractivity contribution in [3.05, 3.63) is 65.7 Å². The summed E-state index contributed by atoms with van der Waals surface area (Å²) in [6, 6.07) is 18.4. The van der Waals surface area contributed by atoms with E-state index in [-0.39, 0.29) is 18.0 Å². The van der Waals surface area contributed by atoms with Gasteiger partial charge in [0.25, 0.3) is 0 Å². The van der Waals surface area contributed by atoms with Gasteiger partial charge in [-0.25, -0.2) is 0 Å². The van der Waals surface area contributed by atoms with Crippen LogP contribution in [0.15, 0.2) is 54.6 Å².